The molecule has 3 aromatic rings. The average molecular weight is 419 g/mol. The molecule has 0 saturated heterocycles. The zero-order valence-electron chi connectivity index (χ0n) is 17.7. The normalized spacial score (nSPS) is 10.9. The van der Waals surface area contributed by atoms with Gasteiger partial charge in [-0.1, -0.05) is 39.0 Å². The molecule has 31 heavy (non-hydrogen) atoms. The van der Waals surface area contributed by atoms with E-state index >= 15 is 0 Å². The number of amides is 2. The number of rotatable bonds is 7. The number of anilines is 1. The van der Waals surface area contributed by atoms with E-state index in [1.807, 2.05) is 24.3 Å². The van der Waals surface area contributed by atoms with Crippen molar-refractivity contribution in [1.82, 2.24) is 4.98 Å². The SMILES string of the molecule is CC(C)(C)c1ccc(OCC(=O)Nc2ccc(Oc3cccc(C(N)=O)c3)nc2)cc1. The van der Waals surface area contributed by atoms with Gasteiger partial charge in [-0.15, -0.1) is 0 Å². The molecule has 7 heteroatoms. The molecule has 0 aliphatic carbocycles. The Labute approximate surface area is 181 Å². The van der Waals surface area contributed by atoms with E-state index in [4.69, 9.17) is 15.2 Å². The molecule has 3 rings (SSSR count). The zero-order valence-corrected chi connectivity index (χ0v) is 17.7. The van der Waals surface area contributed by atoms with Crippen LogP contribution in [0.2, 0.25) is 0 Å². The van der Waals surface area contributed by atoms with Gasteiger partial charge in [-0.25, -0.2) is 4.98 Å². The molecule has 0 saturated carbocycles. The van der Waals surface area contributed by atoms with Crippen LogP contribution < -0.4 is 20.5 Å². The quantitative estimate of drug-likeness (QED) is 0.595. The summed E-state index contributed by atoms with van der Waals surface area (Å²) >= 11 is 0. The van der Waals surface area contributed by atoms with Gasteiger partial charge < -0.3 is 20.5 Å². The lowest BCUT2D eigenvalue weighted by Gasteiger charge is -2.19. The molecule has 0 atom stereocenters. The topological polar surface area (TPSA) is 104 Å². The van der Waals surface area contributed by atoms with Gasteiger partial charge in [-0.2, -0.15) is 0 Å². The van der Waals surface area contributed by atoms with E-state index in [0.29, 0.717) is 28.6 Å². The number of hydrogen-bond acceptors (Lipinski definition) is 5. The Kier molecular flexibility index (Phi) is 6.55. The van der Waals surface area contributed by atoms with Gasteiger partial charge in [0.2, 0.25) is 11.8 Å². The fourth-order valence-electron chi connectivity index (χ4n) is 2.75. The minimum Gasteiger partial charge on any atom is -0.484 e. The fraction of sp³-hybridized carbons (Fsp3) is 0.208. The Bertz CT molecular complexity index is 1060. The van der Waals surface area contributed by atoms with Crippen molar-refractivity contribution in [2.75, 3.05) is 11.9 Å². The van der Waals surface area contributed by atoms with Crippen LogP contribution in [0.25, 0.3) is 0 Å². The summed E-state index contributed by atoms with van der Waals surface area (Å²) in [6.07, 6.45) is 1.48. The van der Waals surface area contributed by atoms with Gasteiger partial charge in [0.1, 0.15) is 11.5 Å². The summed E-state index contributed by atoms with van der Waals surface area (Å²) in [5.74, 6) is 0.540. The lowest BCUT2D eigenvalue weighted by atomic mass is 9.87. The molecule has 0 aliphatic heterocycles. The number of nitrogens with zero attached hydrogens (tertiary/aromatic N) is 1. The van der Waals surface area contributed by atoms with Crippen LogP contribution in [0.3, 0.4) is 0 Å². The Morgan fingerprint density at radius 1 is 1.00 bits per heavy atom. The molecule has 3 N–H and O–H groups in total. The molecular weight excluding hydrogens is 394 g/mol. The molecule has 0 bridgehead atoms. The van der Waals surface area contributed by atoms with E-state index in [1.165, 1.54) is 17.8 Å². The highest BCUT2D eigenvalue weighted by molar-refractivity contribution is 5.93. The summed E-state index contributed by atoms with van der Waals surface area (Å²) < 4.78 is 11.2. The molecule has 2 amide bonds. The van der Waals surface area contributed by atoms with Crippen LogP contribution in [0.4, 0.5) is 5.69 Å². The fourth-order valence-corrected chi connectivity index (χ4v) is 2.75. The van der Waals surface area contributed by atoms with Crippen molar-refractivity contribution in [3.8, 4) is 17.4 Å². The molecule has 160 valence electrons. The van der Waals surface area contributed by atoms with Gasteiger partial charge in [0.25, 0.3) is 5.91 Å². The van der Waals surface area contributed by atoms with Crippen LogP contribution in [-0.2, 0) is 10.2 Å². The van der Waals surface area contributed by atoms with E-state index in [-0.39, 0.29) is 17.9 Å². The summed E-state index contributed by atoms with van der Waals surface area (Å²) in [7, 11) is 0. The predicted octanol–water partition coefficient (Wildman–Crippen LogP) is 4.29. The molecule has 2 aromatic carbocycles. The van der Waals surface area contributed by atoms with Crippen molar-refractivity contribution in [2.45, 2.75) is 26.2 Å². The second-order valence-electron chi connectivity index (χ2n) is 7.99. The van der Waals surface area contributed by atoms with Crippen LogP contribution in [0, 0.1) is 0 Å². The minimum absolute atomic E-state index is 0.0590. The first-order chi connectivity index (χ1) is 14.7. The van der Waals surface area contributed by atoms with Crippen LogP contribution in [-0.4, -0.2) is 23.4 Å². The third-order valence-corrected chi connectivity index (χ3v) is 4.45. The summed E-state index contributed by atoms with van der Waals surface area (Å²) in [5, 5.41) is 2.72. The highest BCUT2D eigenvalue weighted by Crippen LogP contribution is 2.24. The molecule has 1 aromatic heterocycles. The van der Waals surface area contributed by atoms with E-state index in [2.05, 4.69) is 31.1 Å². The van der Waals surface area contributed by atoms with Gasteiger partial charge in [-0.05, 0) is 47.4 Å². The number of aromatic nitrogens is 1. The first-order valence-electron chi connectivity index (χ1n) is 9.78. The summed E-state index contributed by atoms with van der Waals surface area (Å²) in [5.41, 5.74) is 7.37. The van der Waals surface area contributed by atoms with Crippen molar-refractivity contribution < 1.29 is 19.1 Å². The number of ether oxygens (including phenoxy) is 2. The van der Waals surface area contributed by atoms with Crippen LogP contribution >= 0.6 is 0 Å². The summed E-state index contributed by atoms with van der Waals surface area (Å²) in [4.78, 5) is 27.6. The molecule has 0 spiro atoms. The first kappa shape index (κ1) is 21.8. The van der Waals surface area contributed by atoms with Crippen LogP contribution in [0.1, 0.15) is 36.7 Å². The third kappa shape index (κ3) is 6.30. The Morgan fingerprint density at radius 3 is 2.35 bits per heavy atom. The minimum atomic E-state index is -0.538. The van der Waals surface area contributed by atoms with E-state index in [0.717, 1.165) is 0 Å². The molecule has 0 fully saturated rings. The monoisotopic (exact) mass is 419 g/mol. The molecule has 0 unspecified atom stereocenters. The number of nitrogens with two attached hydrogens (primary N) is 1. The lowest BCUT2D eigenvalue weighted by molar-refractivity contribution is -0.118. The number of hydrogen-bond donors (Lipinski definition) is 2. The van der Waals surface area contributed by atoms with Gasteiger partial charge in [0.05, 0.1) is 11.9 Å². The second-order valence-corrected chi connectivity index (χ2v) is 7.99. The Hall–Kier alpha value is -3.87. The maximum absolute atomic E-state index is 12.2. The van der Waals surface area contributed by atoms with Gasteiger partial charge in [0.15, 0.2) is 6.61 Å². The third-order valence-electron chi connectivity index (χ3n) is 4.45. The highest BCUT2D eigenvalue weighted by atomic mass is 16.5. The van der Waals surface area contributed by atoms with Crippen molar-refractivity contribution >= 4 is 17.5 Å². The summed E-state index contributed by atoms with van der Waals surface area (Å²) in [6.45, 7) is 6.30. The Morgan fingerprint density at radius 2 is 1.74 bits per heavy atom. The van der Waals surface area contributed by atoms with Crippen molar-refractivity contribution in [1.29, 1.82) is 0 Å². The van der Waals surface area contributed by atoms with Gasteiger partial charge in [0, 0.05) is 11.6 Å². The van der Waals surface area contributed by atoms with E-state index in [1.54, 1.807) is 30.3 Å². The standard InChI is InChI=1S/C24H25N3O4/c1-24(2,3)17-7-10-19(11-8-17)30-15-21(28)27-18-9-12-22(26-14-18)31-20-6-4-5-16(13-20)23(25)29/h4-14H,15H2,1-3H3,(H2,25,29)(H,27,28). The van der Waals surface area contributed by atoms with Crippen LogP contribution in [0.5, 0.6) is 17.4 Å². The smallest absolute Gasteiger partial charge is 0.262 e. The zero-order chi connectivity index (χ0) is 22.4. The molecule has 0 radical (unpaired) electrons. The van der Waals surface area contributed by atoms with E-state index in [9.17, 15) is 9.59 Å². The molecule has 7 nitrogen and oxygen atoms in total. The van der Waals surface area contributed by atoms with Gasteiger partial charge >= 0.3 is 0 Å². The number of nitrogens with one attached hydrogen (secondary N) is 1. The number of benzene rings is 2. The number of carbonyl (C=O) groups is 2. The maximum atomic E-state index is 12.2. The van der Waals surface area contributed by atoms with E-state index < -0.39 is 5.91 Å². The van der Waals surface area contributed by atoms with Crippen molar-refractivity contribution in [3.63, 3.8) is 0 Å². The highest BCUT2D eigenvalue weighted by Gasteiger charge is 2.13. The predicted molar refractivity (Wildman–Crippen MR) is 119 cm³/mol. The maximum Gasteiger partial charge on any atom is 0.262 e. The Balaban J connectivity index is 1.52. The largest absolute Gasteiger partial charge is 0.484 e. The second kappa shape index (κ2) is 9.30. The lowest BCUT2D eigenvalue weighted by Crippen LogP contribution is -2.20. The van der Waals surface area contributed by atoms with Crippen molar-refractivity contribution in [3.05, 3.63) is 78.0 Å². The number of primary amides is 1. The van der Waals surface area contributed by atoms with Crippen LogP contribution in [0.15, 0.2) is 66.9 Å². The molecule has 0 aliphatic rings. The average Bonchev–Trinajstić information content (AvgIpc) is 2.73. The molecular formula is C24H25N3O4. The first-order valence-corrected chi connectivity index (χ1v) is 9.78. The van der Waals surface area contributed by atoms with Gasteiger partial charge in [-0.3, -0.25) is 9.59 Å². The van der Waals surface area contributed by atoms with Crippen molar-refractivity contribution in [2.24, 2.45) is 5.73 Å². The number of pyridine rings is 1. The number of carbonyl (C=O) groups excluding carboxylic acids is 2. The molecule has 1 heterocycles. The summed E-state index contributed by atoms with van der Waals surface area (Å²) in [6, 6.07) is 17.5.